The van der Waals surface area contributed by atoms with Crippen LogP contribution in [0.15, 0.2) is 36.9 Å². The molecule has 2 aromatic rings. The summed E-state index contributed by atoms with van der Waals surface area (Å²) >= 11 is 0. The predicted octanol–water partition coefficient (Wildman–Crippen LogP) is 2.69. The Kier molecular flexibility index (Phi) is 1.67. The summed E-state index contributed by atoms with van der Waals surface area (Å²) in [5.74, 6) is 0. The summed E-state index contributed by atoms with van der Waals surface area (Å²) in [7, 11) is 0. The molecule has 0 bridgehead atoms. The zero-order valence-electron chi connectivity index (χ0n) is 8.27. The summed E-state index contributed by atoms with van der Waals surface area (Å²) in [4.78, 5) is 4.53. The third kappa shape index (κ3) is 1.18. The van der Waals surface area contributed by atoms with E-state index in [0.29, 0.717) is 6.42 Å². The van der Waals surface area contributed by atoms with Gasteiger partial charge >= 0.3 is 0 Å². The van der Waals surface area contributed by atoms with Crippen molar-refractivity contribution in [1.82, 2.24) is 4.98 Å². The van der Waals surface area contributed by atoms with Gasteiger partial charge in [-0.3, -0.25) is 0 Å². The Hall–Kier alpha value is -1.67. The van der Waals surface area contributed by atoms with Gasteiger partial charge in [-0.25, -0.2) is 4.98 Å². The molecule has 1 aromatic heterocycles. The van der Waals surface area contributed by atoms with Crippen LogP contribution in [0.25, 0.3) is 16.5 Å². The summed E-state index contributed by atoms with van der Waals surface area (Å²) < 4.78 is 0. The van der Waals surface area contributed by atoms with Crippen LogP contribution in [0.4, 0.5) is 0 Å². The molecule has 1 aromatic carbocycles. The van der Waals surface area contributed by atoms with Crippen LogP contribution in [-0.4, -0.2) is 10.1 Å². The van der Waals surface area contributed by atoms with E-state index in [4.69, 9.17) is 0 Å². The van der Waals surface area contributed by atoms with E-state index < -0.39 is 6.10 Å². The van der Waals surface area contributed by atoms with Crippen LogP contribution in [0.3, 0.4) is 0 Å². The fourth-order valence-corrected chi connectivity index (χ4v) is 2.11. The molecule has 0 saturated heterocycles. The number of fused-ring (bicyclic) bond motifs is 2. The van der Waals surface area contributed by atoms with E-state index in [1.807, 2.05) is 30.3 Å². The molecule has 0 spiro atoms. The maximum Gasteiger partial charge on any atom is 0.0852 e. The van der Waals surface area contributed by atoms with E-state index in [-0.39, 0.29) is 0 Å². The molecule has 2 heteroatoms. The van der Waals surface area contributed by atoms with E-state index in [9.17, 15) is 5.11 Å². The summed E-state index contributed by atoms with van der Waals surface area (Å²) in [6.07, 6.45) is 0.183. The molecule has 0 saturated carbocycles. The SMILES string of the molecule is C=C1CC(O)c2cc3ccccc3nc21. The van der Waals surface area contributed by atoms with Crippen LogP contribution in [0.1, 0.15) is 23.8 Å². The molecule has 1 heterocycles. The minimum atomic E-state index is -0.426. The van der Waals surface area contributed by atoms with Crippen LogP contribution >= 0.6 is 0 Å². The van der Waals surface area contributed by atoms with Crippen LogP contribution in [0, 0.1) is 0 Å². The molecule has 0 radical (unpaired) electrons. The number of para-hydroxylation sites is 1. The predicted molar refractivity (Wildman–Crippen MR) is 60.4 cm³/mol. The zero-order chi connectivity index (χ0) is 10.4. The van der Waals surface area contributed by atoms with Gasteiger partial charge in [-0.1, -0.05) is 24.8 Å². The van der Waals surface area contributed by atoms with E-state index >= 15 is 0 Å². The number of aliphatic hydroxyl groups excluding tert-OH is 1. The number of hydrogen-bond acceptors (Lipinski definition) is 2. The molecule has 3 rings (SSSR count). The minimum Gasteiger partial charge on any atom is -0.388 e. The Labute approximate surface area is 87.9 Å². The van der Waals surface area contributed by atoms with Crippen molar-refractivity contribution in [2.24, 2.45) is 0 Å². The van der Waals surface area contributed by atoms with Gasteiger partial charge in [0.15, 0.2) is 0 Å². The lowest BCUT2D eigenvalue weighted by atomic mass is 10.1. The topological polar surface area (TPSA) is 33.1 Å². The monoisotopic (exact) mass is 197 g/mol. The van der Waals surface area contributed by atoms with Crippen LogP contribution in [0.2, 0.25) is 0 Å². The molecule has 0 aliphatic heterocycles. The maximum absolute atomic E-state index is 9.81. The third-order valence-corrected chi connectivity index (χ3v) is 2.89. The Morgan fingerprint density at radius 3 is 3.00 bits per heavy atom. The molecule has 0 fully saturated rings. The highest BCUT2D eigenvalue weighted by Gasteiger charge is 2.25. The number of aromatic nitrogens is 1. The normalized spacial score (nSPS) is 19.5. The van der Waals surface area contributed by atoms with Crippen LogP contribution in [-0.2, 0) is 0 Å². The molecule has 1 aliphatic rings. The molecule has 0 amide bonds. The number of rotatable bonds is 0. The van der Waals surface area contributed by atoms with Gasteiger partial charge in [0.05, 0.1) is 17.3 Å². The number of nitrogens with zero attached hydrogens (tertiary/aromatic N) is 1. The number of benzene rings is 1. The second-order valence-corrected chi connectivity index (χ2v) is 3.94. The van der Waals surface area contributed by atoms with Crippen molar-refractivity contribution in [2.75, 3.05) is 0 Å². The van der Waals surface area contributed by atoms with Gasteiger partial charge in [-0.2, -0.15) is 0 Å². The lowest BCUT2D eigenvalue weighted by Crippen LogP contribution is -1.92. The van der Waals surface area contributed by atoms with Crippen molar-refractivity contribution < 1.29 is 5.11 Å². The molecule has 15 heavy (non-hydrogen) atoms. The first-order valence-electron chi connectivity index (χ1n) is 5.01. The van der Waals surface area contributed by atoms with E-state index in [0.717, 1.165) is 27.7 Å². The minimum absolute atomic E-state index is 0.426. The van der Waals surface area contributed by atoms with E-state index in [1.165, 1.54) is 0 Å². The Morgan fingerprint density at radius 2 is 2.13 bits per heavy atom. The van der Waals surface area contributed by atoms with Gasteiger partial charge in [0.1, 0.15) is 0 Å². The third-order valence-electron chi connectivity index (χ3n) is 2.89. The van der Waals surface area contributed by atoms with Gasteiger partial charge in [0.25, 0.3) is 0 Å². The van der Waals surface area contributed by atoms with Gasteiger partial charge < -0.3 is 5.11 Å². The Balaban J connectivity index is 2.36. The first-order valence-corrected chi connectivity index (χ1v) is 5.01. The summed E-state index contributed by atoms with van der Waals surface area (Å²) in [6, 6.07) is 9.95. The average Bonchev–Trinajstić information content (AvgIpc) is 2.52. The molecular weight excluding hydrogens is 186 g/mol. The quantitative estimate of drug-likeness (QED) is 0.704. The van der Waals surface area contributed by atoms with Crippen molar-refractivity contribution >= 4 is 16.5 Å². The van der Waals surface area contributed by atoms with Gasteiger partial charge in [0.2, 0.25) is 0 Å². The standard InChI is InChI=1S/C13H11NO/c1-8-6-12(15)10-7-9-4-2-3-5-11(9)14-13(8)10/h2-5,7,12,15H,1,6H2. The highest BCUT2D eigenvalue weighted by atomic mass is 16.3. The van der Waals surface area contributed by atoms with Crippen molar-refractivity contribution in [3.8, 4) is 0 Å². The van der Waals surface area contributed by atoms with Gasteiger partial charge in [-0.15, -0.1) is 0 Å². The Morgan fingerprint density at radius 1 is 1.33 bits per heavy atom. The fourth-order valence-electron chi connectivity index (χ4n) is 2.11. The number of aliphatic hydroxyl groups is 1. The smallest absolute Gasteiger partial charge is 0.0852 e. The largest absolute Gasteiger partial charge is 0.388 e. The second kappa shape index (κ2) is 2.91. The lowest BCUT2D eigenvalue weighted by Gasteiger charge is -2.04. The molecule has 1 N–H and O–H groups in total. The molecule has 74 valence electrons. The molecular formula is C13H11NO. The molecule has 1 aliphatic carbocycles. The van der Waals surface area contributed by atoms with Crippen molar-refractivity contribution in [3.63, 3.8) is 0 Å². The highest BCUT2D eigenvalue weighted by Crippen LogP contribution is 2.38. The number of hydrogen-bond donors (Lipinski definition) is 1. The van der Waals surface area contributed by atoms with Crippen LogP contribution in [0.5, 0.6) is 0 Å². The molecule has 1 unspecified atom stereocenters. The first kappa shape index (κ1) is 8.62. The fraction of sp³-hybridized carbons (Fsp3) is 0.154. The lowest BCUT2D eigenvalue weighted by molar-refractivity contribution is 0.190. The van der Waals surface area contributed by atoms with Crippen molar-refractivity contribution in [3.05, 3.63) is 48.2 Å². The van der Waals surface area contributed by atoms with Gasteiger partial charge in [0, 0.05) is 17.4 Å². The summed E-state index contributed by atoms with van der Waals surface area (Å²) in [5, 5.41) is 10.9. The van der Waals surface area contributed by atoms with Gasteiger partial charge in [-0.05, 0) is 17.7 Å². The van der Waals surface area contributed by atoms with Crippen molar-refractivity contribution in [2.45, 2.75) is 12.5 Å². The Bertz CT molecular complexity index is 559. The zero-order valence-corrected chi connectivity index (χ0v) is 8.27. The van der Waals surface area contributed by atoms with E-state index in [2.05, 4.69) is 11.6 Å². The summed E-state index contributed by atoms with van der Waals surface area (Å²) in [5.41, 5.74) is 3.69. The highest BCUT2D eigenvalue weighted by molar-refractivity contribution is 5.84. The molecule has 2 nitrogen and oxygen atoms in total. The maximum atomic E-state index is 9.81. The van der Waals surface area contributed by atoms with Crippen LogP contribution < -0.4 is 0 Å². The average molecular weight is 197 g/mol. The molecule has 1 atom stereocenters. The second-order valence-electron chi connectivity index (χ2n) is 3.94. The van der Waals surface area contributed by atoms with Crippen molar-refractivity contribution in [1.29, 1.82) is 0 Å². The summed E-state index contributed by atoms with van der Waals surface area (Å²) in [6.45, 7) is 3.93. The van der Waals surface area contributed by atoms with E-state index in [1.54, 1.807) is 0 Å². The number of pyridine rings is 1. The first-order chi connectivity index (χ1) is 7.25.